The number of rotatable bonds is 4. The molecule has 0 radical (unpaired) electrons. The van der Waals surface area contributed by atoms with E-state index in [4.69, 9.17) is 5.11 Å². The third kappa shape index (κ3) is 1.95. The zero-order chi connectivity index (χ0) is 13.6. The quantitative estimate of drug-likeness (QED) is 0.817. The zero-order valence-corrected chi connectivity index (χ0v) is 11.5. The Morgan fingerprint density at radius 3 is 2.58 bits per heavy atom. The fraction of sp³-hybridized carbons (Fsp3) is 0.857. The van der Waals surface area contributed by atoms with Crippen molar-refractivity contribution in [2.24, 2.45) is 11.8 Å². The molecule has 0 aromatic carbocycles. The van der Waals surface area contributed by atoms with Crippen LogP contribution in [0.4, 0.5) is 0 Å². The molecule has 1 saturated carbocycles. The van der Waals surface area contributed by atoms with Gasteiger partial charge in [0.25, 0.3) is 0 Å². The van der Waals surface area contributed by atoms with E-state index in [0.717, 1.165) is 45.4 Å². The molecule has 3 aliphatic rings. The lowest BCUT2D eigenvalue weighted by Crippen LogP contribution is -2.54. The van der Waals surface area contributed by atoms with Crippen LogP contribution in [0.2, 0.25) is 0 Å². The van der Waals surface area contributed by atoms with Gasteiger partial charge in [-0.3, -0.25) is 14.5 Å². The number of hydrogen-bond acceptors (Lipinski definition) is 3. The summed E-state index contributed by atoms with van der Waals surface area (Å²) in [6.07, 6.45) is 3.31. The molecule has 106 valence electrons. The summed E-state index contributed by atoms with van der Waals surface area (Å²) in [5, 5.41) is 9.11. The van der Waals surface area contributed by atoms with Gasteiger partial charge in [-0.05, 0) is 26.2 Å². The molecule has 0 spiro atoms. The minimum Gasteiger partial charge on any atom is -0.481 e. The highest BCUT2D eigenvalue weighted by Crippen LogP contribution is 2.45. The van der Waals surface area contributed by atoms with E-state index in [0.29, 0.717) is 5.92 Å². The molecule has 1 N–H and O–H groups in total. The number of amides is 1. The number of carbonyl (C=O) groups excluding carboxylic acids is 1. The van der Waals surface area contributed by atoms with E-state index in [9.17, 15) is 9.59 Å². The summed E-state index contributed by atoms with van der Waals surface area (Å²) >= 11 is 0. The summed E-state index contributed by atoms with van der Waals surface area (Å²) in [5.74, 6) is 0.100. The van der Waals surface area contributed by atoms with Gasteiger partial charge in [-0.15, -0.1) is 0 Å². The molecule has 1 aliphatic carbocycles. The Morgan fingerprint density at radius 1 is 1.37 bits per heavy atom. The molecular formula is C14H22N2O3. The van der Waals surface area contributed by atoms with Crippen LogP contribution in [0.1, 0.15) is 32.6 Å². The average Bonchev–Trinajstić information content (AvgIpc) is 2.84. The van der Waals surface area contributed by atoms with Gasteiger partial charge in [0.2, 0.25) is 5.91 Å². The number of likely N-dealkylation sites (tertiary alicyclic amines) is 2. The van der Waals surface area contributed by atoms with Gasteiger partial charge in [0.1, 0.15) is 0 Å². The van der Waals surface area contributed by atoms with Gasteiger partial charge in [-0.1, -0.05) is 0 Å². The SMILES string of the molecule is CCN1C[C@@H]2CN(C3(CC(=O)O)CCC3)C[C@@H]2C1=O. The summed E-state index contributed by atoms with van der Waals surface area (Å²) < 4.78 is 0. The Balaban J connectivity index is 1.70. The van der Waals surface area contributed by atoms with E-state index < -0.39 is 5.97 Å². The highest BCUT2D eigenvalue weighted by atomic mass is 16.4. The van der Waals surface area contributed by atoms with Gasteiger partial charge in [0.05, 0.1) is 12.3 Å². The topological polar surface area (TPSA) is 60.9 Å². The van der Waals surface area contributed by atoms with Crippen molar-refractivity contribution in [3.63, 3.8) is 0 Å². The largest absolute Gasteiger partial charge is 0.481 e. The second-order valence-corrected chi connectivity index (χ2v) is 6.30. The summed E-state index contributed by atoms with van der Waals surface area (Å²) in [6, 6.07) is 0. The first kappa shape index (κ1) is 12.9. The van der Waals surface area contributed by atoms with Crippen LogP contribution >= 0.6 is 0 Å². The number of aliphatic carboxylic acids is 1. The highest BCUT2D eigenvalue weighted by Gasteiger charge is 2.53. The Bertz CT molecular complexity index is 405. The molecule has 0 aromatic rings. The molecular weight excluding hydrogens is 244 g/mol. The van der Waals surface area contributed by atoms with E-state index in [1.807, 2.05) is 11.8 Å². The van der Waals surface area contributed by atoms with Gasteiger partial charge >= 0.3 is 5.97 Å². The van der Waals surface area contributed by atoms with E-state index in [1.54, 1.807) is 0 Å². The Labute approximate surface area is 113 Å². The van der Waals surface area contributed by atoms with Crippen LogP contribution in [0.3, 0.4) is 0 Å². The van der Waals surface area contributed by atoms with Crippen molar-refractivity contribution in [2.45, 2.75) is 38.1 Å². The molecule has 19 heavy (non-hydrogen) atoms. The maximum absolute atomic E-state index is 12.2. The van der Waals surface area contributed by atoms with Gasteiger partial charge < -0.3 is 10.0 Å². The molecule has 5 heteroatoms. The molecule has 0 bridgehead atoms. The van der Waals surface area contributed by atoms with Crippen LogP contribution in [-0.2, 0) is 9.59 Å². The molecule has 2 saturated heterocycles. The van der Waals surface area contributed by atoms with Crippen molar-refractivity contribution in [2.75, 3.05) is 26.2 Å². The molecule has 5 nitrogen and oxygen atoms in total. The second kappa shape index (κ2) is 4.47. The van der Waals surface area contributed by atoms with E-state index in [1.165, 1.54) is 0 Å². The smallest absolute Gasteiger partial charge is 0.305 e. The lowest BCUT2D eigenvalue weighted by Gasteiger charge is -2.48. The van der Waals surface area contributed by atoms with E-state index in [-0.39, 0.29) is 23.8 Å². The maximum Gasteiger partial charge on any atom is 0.305 e. The molecule has 2 aliphatic heterocycles. The Hall–Kier alpha value is -1.10. The normalized spacial score (nSPS) is 33.3. The minimum atomic E-state index is -0.710. The summed E-state index contributed by atoms with van der Waals surface area (Å²) in [4.78, 5) is 27.5. The molecule has 1 amide bonds. The van der Waals surface area contributed by atoms with Crippen LogP contribution in [0.5, 0.6) is 0 Å². The van der Waals surface area contributed by atoms with Crippen molar-refractivity contribution < 1.29 is 14.7 Å². The molecule has 0 unspecified atom stereocenters. The number of carboxylic acid groups (broad SMARTS) is 1. The first-order valence-electron chi connectivity index (χ1n) is 7.31. The monoisotopic (exact) mass is 266 g/mol. The van der Waals surface area contributed by atoms with Crippen molar-refractivity contribution in [1.82, 2.24) is 9.80 Å². The molecule has 0 aromatic heterocycles. The molecule has 2 heterocycles. The summed E-state index contributed by atoms with van der Waals surface area (Å²) in [6.45, 7) is 5.35. The minimum absolute atomic E-state index is 0.117. The summed E-state index contributed by atoms with van der Waals surface area (Å²) in [5.41, 5.74) is -0.145. The third-order valence-electron chi connectivity index (χ3n) is 5.34. The first-order valence-corrected chi connectivity index (χ1v) is 7.31. The number of carbonyl (C=O) groups is 2. The number of nitrogens with zero attached hydrogens (tertiary/aromatic N) is 2. The lowest BCUT2D eigenvalue weighted by molar-refractivity contribution is -0.142. The fourth-order valence-electron chi connectivity index (χ4n) is 4.09. The average molecular weight is 266 g/mol. The van der Waals surface area contributed by atoms with Crippen LogP contribution in [-0.4, -0.2) is 58.5 Å². The van der Waals surface area contributed by atoms with Gasteiger partial charge in [-0.2, -0.15) is 0 Å². The van der Waals surface area contributed by atoms with Crippen molar-refractivity contribution in [3.8, 4) is 0 Å². The Morgan fingerprint density at radius 2 is 2.11 bits per heavy atom. The van der Waals surface area contributed by atoms with E-state index in [2.05, 4.69) is 4.90 Å². The van der Waals surface area contributed by atoms with Crippen LogP contribution in [0, 0.1) is 11.8 Å². The van der Waals surface area contributed by atoms with Crippen LogP contribution in [0.15, 0.2) is 0 Å². The van der Waals surface area contributed by atoms with E-state index >= 15 is 0 Å². The zero-order valence-electron chi connectivity index (χ0n) is 11.5. The predicted octanol–water partition coefficient (Wildman–Crippen LogP) is 0.794. The van der Waals surface area contributed by atoms with Crippen molar-refractivity contribution in [3.05, 3.63) is 0 Å². The van der Waals surface area contributed by atoms with Crippen molar-refractivity contribution >= 4 is 11.9 Å². The van der Waals surface area contributed by atoms with Crippen molar-refractivity contribution in [1.29, 1.82) is 0 Å². The predicted molar refractivity (Wildman–Crippen MR) is 69.6 cm³/mol. The standard InChI is InChI=1S/C14H22N2O3/c1-2-15-7-10-8-16(9-11(10)13(15)19)14(4-3-5-14)6-12(17)18/h10-11H,2-9H2,1H3,(H,17,18)/t10-,11+/m1/s1. The lowest BCUT2D eigenvalue weighted by atomic mass is 9.73. The van der Waals surface area contributed by atoms with Gasteiger partial charge in [0, 0.05) is 37.6 Å². The van der Waals surface area contributed by atoms with Crippen LogP contribution < -0.4 is 0 Å². The molecule has 2 atom stereocenters. The number of fused-ring (bicyclic) bond motifs is 1. The van der Waals surface area contributed by atoms with Gasteiger partial charge in [-0.25, -0.2) is 0 Å². The Kier molecular flexibility index (Phi) is 3.04. The number of hydrogen-bond donors (Lipinski definition) is 1. The maximum atomic E-state index is 12.2. The molecule has 3 fully saturated rings. The summed E-state index contributed by atoms with van der Waals surface area (Å²) in [7, 11) is 0. The second-order valence-electron chi connectivity index (χ2n) is 6.30. The first-order chi connectivity index (χ1) is 9.05. The fourth-order valence-corrected chi connectivity index (χ4v) is 4.09. The highest BCUT2D eigenvalue weighted by molar-refractivity contribution is 5.82. The number of carboxylic acids is 1. The molecule has 3 rings (SSSR count). The third-order valence-corrected chi connectivity index (χ3v) is 5.34. The van der Waals surface area contributed by atoms with Gasteiger partial charge in [0.15, 0.2) is 0 Å². The van der Waals surface area contributed by atoms with Crippen LogP contribution in [0.25, 0.3) is 0 Å².